The van der Waals surface area contributed by atoms with Gasteiger partial charge in [-0.2, -0.15) is 4.98 Å². The van der Waals surface area contributed by atoms with E-state index >= 15 is 0 Å². The van der Waals surface area contributed by atoms with Gasteiger partial charge in [0, 0.05) is 6.54 Å². The van der Waals surface area contributed by atoms with Crippen molar-refractivity contribution < 1.29 is 44.7 Å². The summed E-state index contributed by atoms with van der Waals surface area (Å²) < 4.78 is 12.7. The number of nitrogens with two attached hydrogens (primary N) is 3. The standard InChI is InChI=1S/C20H30N10O9.2ClH/c21-7(2-1-3-30(37)18(22)23)15(33)27-10(17(34)35)11-12(32)20(36)9(31)5-38-13(20)16(39-11)29-6-26-8-4-25-19(24)28-14(8)29;;/h4,6-7,9-13,16,31-32,36-37H,1-3,5,21H2,(H3,22,23)(H,27,33)(H,34,35)(H2,24,25,28);2*1H/t7-,9-,10?,11+,12+,13-,16+,20-;;/m0../s1. The summed E-state index contributed by atoms with van der Waals surface area (Å²) in [5, 5.41) is 62.2. The molecule has 2 aromatic heterocycles. The van der Waals surface area contributed by atoms with Gasteiger partial charge in [-0.1, -0.05) is 0 Å². The van der Waals surface area contributed by atoms with Gasteiger partial charge in [0.1, 0.15) is 29.9 Å². The maximum absolute atomic E-state index is 12.7. The van der Waals surface area contributed by atoms with Crippen LogP contribution in [0.2, 0.25) is 0 Å². The SMILES string of the molecule is Cl.Cl.N=C(N)N(O)CCC[C@H](N)C(=O)NC(C(=O)O)[C@H]1O[C@@H](n2cnc3cnc(N)nc32)[C@@H]2OC[C@H](O)[C@]2(O)[C@@H]1O. The molecule has 0 spiro atoms. The first-order chi connectivity index (χ1) is 18.4. The second-order valence-electron chi connectivity index (χ2n) is 9.26. The Morgan fingerprint density at radius 2 is 2.00 bits per heavy atom. The molecule has 230 valence electrons. The first-order valence-corrected chi connectivity index (χ1v) is 11.8. The number of imidazole rings is 1. The van der Waals surface area contributed by atoms with E-state index in [1.54, 1.807) is 0 Å². The number of fused-ring (bicyclic) bond motifs is 2. The van der Waals surface area contributed by atoms with Crippen LogP contribution >= 0.6 is 24.8 Å². The molecule has 0 aromatic carbocycles. The molecule has 0 radical (unpaired) electrons. The van der Waals surface area contributed by atoms with Crippen LogP contribution < -0.4 is 22.5 Å². The number of aromatic nitrogens is 4. The lowest BCUT2D eigenvalue weighted by Gasteiger charge is -2.48. The van der Waals surface area contributed by atoms with E-state index < -0.39 is 72.8 Å². The van der Waals surface area contributed by atoms with Crippen molar-refractivity contribution in [2.24, 2.45) is 11.5 Å². The van der Waals surface area contributed by atoms with E-state index in [-0.39, 0.29) is 61.3 Å². The highest BCUT2D eigenvalue weighted by Crippen LogP contribution is 2.44. The lowest BCUT2D eigenvalue weighted by molar-refractivity contribution is -0.286. The third-order valence-electron chi connectivity index (χ3n) is 6.76. The molecular formula is C20H32Cl2N10O9. The number of nitrogens with zero attached hydrogens (tertiary/aromatic N) is 5. The number of amides is 1. The van der Waals surface area contributed by atoms with Gasteiger partial charge in [-0.05, 0) is 12.8 Å². The molecule has 41 heavy (non-hydrogen) atoms. The molecule has 2 aliphatic heterocycles. The number of aliphatic hydroxyl groups is 3. The van der Waals surface area contributed by atoms with E-state index in [4.69, 9.17) is 32.1 Å². The van der Waals surface area contributed by atoms with Gasteiger partial charge in [0.15, 0.2) is 23.5 Å². The summed E-state index contributed by atoms with van der Waals surface area (Å²) in [6, 6.07) is -3.20. The molecule has 8 atom stereocenters. The van der Waals surface area contributed by atoms with Gasteiger partial charge >= 0.3 is 5.97 Å². The van der Waals surface area contributed by atoms with Gasteiger partial charge in [-0.3, -0.25) is 20.0 Å². The second kappa shape index (κ2) is 13.2. The van der Waals surface area contributed by atoms with Crippen molar-refractivity contribution in [3.05, 3.63) is 12.5 Å². The number of hydroxylamine groups is 2. The fraction of sp³-hybridized carbons (Fsp3) is 0.600. The van der Waals surface area contributed by atoms with E-state index in [0.717, 1.165) is 0 Å². The summed E-state index contributed by atoms with van der Waals surface area (Å²) >= 11 is 0. The molecule has 2 fully saturated rings. The smallest absolute Gasteiger partial charge is 0.329 e. The summed E-state index contributed by atoms with van der Waals surface area (Å²) in [7, 11) is 0. The Labute approximate surface area is 243 Å². The number of ether oxygens (including phenoxy) is 2. The summed E-state index contributed by atoms with van der Waals surface area (Å²) in [5.74, 6) is -3.29. The molecule has 0 saturated carbocycles. The topological polar surface area (TPSA) is 315 Å². The zero-order chi connectivity index (χ0) is 28.6. The number of hydrogen-bond donors (Lipinski definition) is 10. The number of hydrogen-bond acceptors (Lipinski definition) is 14. The first-order valence-electron chi connectivity index (χ1n) is 11.8. The first kappa shape index (κ1) is 34.1. The predicted molar refractivity (Wildman–Crippen MR) is 142 cm³/mol. The van der Waals surface area contributed by atoms with Gasteiger partial charge in [-0.25, -0.2) is 19.8 Å². The molecule has 4 rings (SSSR count). The number of aliphatic hydroxyl groups excluding tert-OH is 2. The van der Waals surface area contributed by atoms with Crippen molar-refractivity contribution in [2.45, 2.75) is 61.2 Å². The van der Waals surface area contributed by atoms with Crippen molar-refractivity contribution in [1.82, 2.24) is 29.9 Å². The minimum Gasteiger partial charge on any atom is -0.480 e. The number of guanidine groups is 1. The number of carbonyl (C=O) groups excluding carboxylic acids is 1. The Bertz CT molecular complexity index is 1260. The molecule has 1 amide bonds. The monoisotopic (exact) mass is 626 g/mol. The summed E-state index contributed by atoms with van der Waals surface area (Å²) in [5.41, 5.74) is 14.7. The van der Waals surface area contributed by atoms with Crippen molar-refractivity contribution in [2.75, 3.05) is 18.9 Å². The summed E-state index contributed by atoms with van der Waals surface area (Å²) in [4.78, 5) is 37.1. The molecule has 0 aliphatic carbocycles. The van der Waals surface area contributed by atoms with Crippen LogP contribution in [0, 0.1) is 5.41 Å². The van der Waals surface area contributed by atoms with Crippen LogP contribution in [0.15, 0.2) is 12.5 Å². The van der Waals surface area contributed by atoms with Gasteiger partial charge in [0.05, 0.1) is 25.2 Å². The molecule has 2 saturated heterocycles. The third-order valence-corrected chi connectivity index (χ3v) is 6.76. The summed E-state index contributed by atoms with van der Waals surface area (Å²) in [6.45, 7) is -0.518. The number of nitrogen functional groups attached to an aromatic ring is 1. The van der Waals surface area contributed by atoms with Gasteiger partial charge in [-0.15, -0.1) is 24.8 Å². The molecule has 2 aromatic rings. The van der Waals surface area contributed by atoms with Crippen LogP contribution in [-0.2, 0) is 19.1 Å². The minimum atomic E-state index is -2.42. The number of nitrogens with one attached hydrogen (secondary N) is 2. The highest BCUT2D eigenvalue weighted by atomic mass is 35.5. The number of carbonyl (C=O) groups is 2. The fourth-order valence-electron chi connectivity index (χ4n) is 4.65. The largest absolute Gasteiger partial charge is 0.480 e. The van der Waals surface area contributed by atoms with E-state index in [1.165, 1.54) is 17.1 Å². The predicted octanol–water partition coefficient (Wildman–Crippen LogP) is -3.74. The Kier molecular flexibility index (Phi) is 11.0. The van der Waals surface area contributed by atoms with Gasteiger partial charge < -0.3 is 52.4 Å². The van der Waals surface area contributed by atoms with Crippen molar-refractivity contribution in [3.8, 4) is 0 Å². The molecule has 4 heterocycles. The van der Waals surface area contributed by atoms with Gasteiger partial charge in [0.2, 0.25) is 17.8 Å². The Morgan fingerprint density at radius 1 is 1.32 bits per heavy atom. The molecule has 2 aliphatic rings. The van der Waals surface area contributed by atoms with Crippen LogP contribution in [0.25, 0.3) is 11.2 Å². The lowest BCUT2D eigenvalue weighted by atomic mass is 9.79. The fourth-order valence-corrected chi connectivity index (χ4v) is 4.65. The highest BCUT2D eigenvalue weighted by Gasteiger charge is 2.65. The average Bonchev–Trinajstić information content (AvgIpc) is 3.43. The number of rotatable bonds is 9. The molecular weight excluding hydrogens is 595 g/mol. The second-order valence-corrected chi connectivity index (χ2v) is 9.26. The zero-order valence-electron chi connectivity index (χ0n) is 21.2. The zero-order valence-corrected chi connectivity index (χ0v) is 22.8. The quantitative estimate of drug-likeness (QED) is 0.0725. The Hall–Kier alpha value is -3.14. The van der Waals surface area contributed by atoms with Crippen molar-refractivity contribution >= 4 is 59.8 Å². The maximum Gasteiger partial charge on any atom is 0.329 e. The number of carboxylic acids is 1. The molecule has 19 nitrogen and oxygen atoms in total. The number of carboxylic acid groups (broad SMARTS) is 1. The molecule has 0 bridgehead atoms. The van der Waals surface area contributed by atoms with Crippen LogP contribution in [0.4, 0.5) is 5.95 Å². The van der Waals surface area contributed by atoms with Crippen molar-refractivity contribution in [1.29, 1.82) is 5.41 Å². The van der Waals surface area contributed by atoms with Crippen LogP contribution in [0.5, 0.6) is 0 Å². The normalized spacial score (nSPS) is 28.5. The highest BCUT2D eigenvalue weighted by molar-refractivity contribution is 5.87. The number of halogens is 2. The number of anilines is 1. The van der Waals surface area contributed by atoms with Crippen LogP contribution in [0.3, 0.4) is 0 Å². The van der Waals surface area contributed by atoms with E-state index in [1.807, 2.05) is 0 Å². The Morgan fingerprint density at radius 3 is 2.63 bits per heavy atom. The minimum absolute atomic E-state index is 0. The van der Waals surface area contributed by atoms with Crippen LogP contribution in [-0.4, -0.2) is 123 Å². The number of aliphatic carboxylic acids is 1. The molecule has 1 unspecified atom stereocenters. The van der Waals surface area contributed by atoms with E-state index in [9.17, 15) is 35.2 Å². The maximum atomic E-state index is 12.7. The lowest BCUT2D eigenvalue weighted by Crippen LogP contribution is -2.71. The molecule has 13 N–H and O–H groups in total. The molecule has 21 heteroatoms. The Balaban J connectivity index is 0.00000294. The van der Waals surface area contributed by atoms with E-state index in [2.05, 4.69) is 20.3 Å². The van der Waals surface area contributed by atoms with E-state index in [0.29, 0.717) is 5.06 Å². The summed E-state index contributed by atoms with van der Waals surface area (Å²) in [6.07, 6.45) is -5.61. The third kappa shape index (κ3) is 6.37. The van der Waals surface area contributed by atoms with Crippen molar-refractivity contribution in [3.63, 3.8) is 0 Å². The van der Waals surface area contributed by atoms with Gasteiger partial charge in [0.25, 0.3) is 0 Å². The average molecular weight is 627 g/mol. The van der Waals surface area contributed by atoms with Crippen LogP contribution in [0.1, 0.15) is 19.1 Å².